The summed E-state index contributed by atoms with van der Waals surface area (Å²) in [5, 5.41) is 0.440. The molecule has 1 heterocycles. The van der Waals surface area contributed by atoms with Gasteiger partial charge in [0.1, 0.15) is 5.82 Å². The molecule has 16 heavy (non-hydrogen) atoms. The molecule has 0 spiro atoms. The fraction of sp³-hybridized carbons (Fsp3) is 0.500. The molecule has 1 aromatic carbocycles. The summed E-state index contributed by atoms with van der Waals surface area (Å²) in [6, 6.07) is 4.43. The highest BCUT2D eigenvalue weighted by Crippen LogP contribution is 2.26. The Hall–Kier alpha value is -0.640. The molecule has 4 heteroatoms. The molecule has 0 saturated carbocycles. The predicted octanol–water partition coefficient (Wildman–Crippen LogP) is 2.53. The van der Waals surface area contributed by atoms with Crippen LogP contribution in [-0.4, -0.2) is 18.8 Å². The second-order valence-electron chi connectivity index (χ2n) is 4.43. The molecule has 2 rings (SSSR count). The highest BCUT2D eigenvalue weighted by molar-refractivity contribution is 6.31. The number of halogens is 2. The van der Waals surface area contributed by atoms with Crippen molar-refractivity contribution in [2.45, 2.75) is 24.8 Å². The van der Waals surface area contributed by atoms with Gasteiger partial charge in [0.25, 0.3) is 0 Å². The van der Waals surface area contributed by atoms with Crippen molar-refractivity contribution in [1.29, 1.82) is 0 Å². The van der Waals surface area contributed by atoms with Crippen LogP contribution >= 0.6 is 11.6 Å². The summed E-state index contributed by atoms with van der Waals surface area (Å²) in [5.74, 6) is -0.320. The van der Waals surface area contributed by atoms with Crippen molar-refractivity contribution in [3.8, 4) is 0 Å². The Morgan fingerprint density at radius 2 is 2.31 bits per heavy atom. The van der Waals surface area contributed by atoms with Crippen LogP contribution in [0.5, 0.6) is 0 Å². The van der Waals surface area contributed by atoms with Gasteiger partial charge in [0.2, 0.25) is 0 Å². The minimum atomic E-state index is -0.361. The molecule has 0 aliphatic carbocycles. The van der Waals surface area contributed by atoms with E-state index in [1.807, 2.05) is 0 Å². The standard InChI is InChI=1S/C12H15ClFNO/c13-11-6-10(14)3-2-9(11)7-12(15)4-1-5-16-8-12/h2-3,6H,1,4-5,7-8,15H2. The van der Waals surface area contributed by atoms with Gasteiger partial charge in [0.15, 0.2) is 0 Å². The second-order valence-corrected chi connectivity index (χ2v) is 4.84. The van der Waals surface area contributed by atoms with Gasteiger partial charge in [0, 0.05) is 17.2 Å². The van der Waals surface area contributed by atoms with E-state index in [4.69, 9.17) is 22.1 Å². The summed E-state index contributed by atoms with van der Waals surface area (Å²) in [7, 11) is 0. The van der Waals surface area contributed by atoms with Crippen molar-refractivity contribution in [1.82, 2.24) is 0 Å². The topological polar surface area (TPSA) is 35.2 Å². The molecule has 0 radical (unpaired) electrons. The largest absolute Gasteiger partial charge is 0.380 e. The Morgan fingerprint density at radius 1 is 1.50 bits per heavy atom. The third-order valence-electron chi connectivity index (χ3n) is 2.91. The summed E-state index contributed by atoms with van der Waals surface area (Å²) in [6.45, 7) is 1.32. The van der Waals surface area contributed by atoms with Crippen molar-refractivity contribution in [3.05, 3.63) is 34.6 Å². The van der Waals surface area contributed by atoms with Crippen LogP contribution < -0.4 is 5.73 Å². The third kappa shape index (κ3) is 2.73. The molecular weight excluding hydrogens is 229 g/mol. The molecule has 2 N–H and O–H groups in total. The summed E-state index contributed by atoms with van der Waals surface area (Å²) in [5.41, 5.74) is 6.74. The quantitative estimate of drug-likeness (QED) is 0.866. The normalized spacial score (nSPS) is 25.7. The first-order valence-electron chi connectivity index (χ1n) is 5.40. The minimum Gasteiger partial charge on any atom is -0.380 e. The first kappa shape index (κ1) is 11.8. The highest BCUT2D eigenvalue weighted by Gasteiger charge is 2.29. The Labute approximate surface area is 99.5 Å². The fourth-order valence-corrected chi connectivity index (χ4v) is 2.29. The highest BCUT2D eigenvalue weighted by atomic mass is 35.5. The zero-order valence-corrected chi connectivity index (χ0v) is 9.77. The van der Waals surface area contributed by atoms with Crippen LogP contribution in [0.2, 0.25) is 5.02 Å². The molecule has 1 aliphatic heterocycles. The van der Waals surface area contributed by atoms with E-state index in [2.05, 4.69) is 0 Å². The predicted molar refractivity (Wildman–Crippen MR) is 62.1 cm³/mol. The molecule has 88 valence electrons. The summed E-state index contributed by atoms with van der Waals surface area (Å²) >= 11 is 5.97. The van der Waals surface area contributed by atoms with E-state index in [-0.39, 0.29) is 11.4 Å². The van der Waals surface area contributed by atoms with Gasteiger partial charge in [-0.1, -0.05) is 17.7 Å². The van der Waals surface area contributed by atoms with E-state index in [9.17, 15) is 4.39 Å². The Morgan fingerprint density at radius 3 is 2.94 bits per heavy atom. The van der Waals surface area contributed by atoms with Gasteiger partial charge in [-0.2, -0.15) is 0 Å². The van der Waals surface area contributed by atoms with Crippen LogP contribution in [0.4, 0.5) is 4.39 Å². The van der Waals surface area contributed by atoms with Crippen molar-refractivity contribution >= 4 is 11.6 Å². The lowest BCUT2D eigenvalue weighted by Crippen LogP contribution is -2.49. The zero-order valence-electron chi connectivity index (χ0n) is 9.01. The minimum absolute atomic E-state index is 0.320. The average molecular weight is 244 g/mol. The molecule has 0 amide bonds. The lowest BCUT2D eigenvalue weighted by molar-refractivity contribution is 0.0382. The van der Waals surface area contributed by atoms with Crippen LogP contribution in [0.25, 0.3) is 0 Å². The summed E-state index contributed by atoms with van der Waals surface area (Å²) in [4.78, 5) is 0. The lowest BCUT2D eigenvalue weighted by Gasteiger charge is -2.33. The first-order chi connectivity index (χ1) is 7.59. The lowest BCUT2D eigenvalue weighted by atomic mass is 9.87. The van der Waals surface area contributed by atoms with Crippen LogP contribution in [0.15, 0.2) is 18.2 Å². The van der Waals surface area contributed by atoms with Crippen LogP contribution in [-0.2, 0) is 11.2 Å². The van der Waals surface area contributed by atoms with Gasteiger partial charge in [-0.3, -0.25) is 0 Å². The SMILES string of the molecule is NC1(Cc2ccc(F)cc2Cl)CCCOC1. The maximum Gasteiger partial charge on any atom is 0.124 e. The third-order valence-corrected chi connectivity index (χ3v) is 3.26. The van der Waals surface area contributed by atoms with E-state index in [0.29, 0.717) is 18.1 Å². The smallest absolute Gasteiger partial charge is 0.124 e. The van der Waals surface area contributed by atoms with Gasteiger partial charge in [-0.25, -0.2) is 4.39 Å². The van der Waals surface area contributed by atoms with E-state index in [0.717, 1.165) is 25.0 Å². The van der Waals surface area contributed by atoms with Crippen molar-refractivity contribution < 1.29 is 9.13 Å². The fourth-order valence-electron chi connectivity index (χ4n) is 2.06. The van der Waals surface area contributed by atoms with Crippen LogP contribution in [0, 0.1) is 5.82 Å². The van der Waals surface area contributed by atoms with Crippen LogP contribution in [0.3, 0.4) is 0 Å². The van der Waals surface area contributed by atoms with E-state index in [1.54, 1.807) is 6.07 Å². The maximum absolute atomic E-state index is 12.9. The van der Waals surface area contributed by atoms with Gasteiger partial charge in [0.05, 0.1) is 6.61 Å². The number of ether oxygens (including phenoxy) is 1. The number of hydrogen-bond acceptors (Lipinski definition) is 2. The van der Waals surface area contributed by atoms with E-state index >= 15 is 0 Å². The van der Waals surface area contributed by atoms with Crippen molar-refractivity contribution in [2.24, 2.45) is 5.73 Å². The Bertz CT molecular complexity index is 377. The molecule has 1 atom stereocenters. The maximum atomic E-state index is 12.9. The molecular formula is C12H15ClFNO. The molecule has 1 unspecified atom stereocenters. The monoisotopic (exact) mass is 243 g/mol. The summed E-state index contributed by atoms with van der Waals surface area (Å²) < 4.78 is 18.3. The van der Waals surface area contributed by atoms with Gasteiger partial charge in [-0.15, -0.1) is 0 Å². The van der Waals surface area contributed by atoms with Crippen LogP contribution in [0.1, 0.15) is 18.4 Å². The molecule has 0 bridgehead atoms. The molecule has 1 aromatic rings. The average Bonchev–Trinajstić information content (AvgIpc) is 2.23. The number of benzene rings is 1. The second kappa shape index (κ2) is 4.70. The van der Waals surface area contributed by atoms with E-state index < -0.39 is 0 Å². The van der Waals surface area contributed by atoms with Gasteiger partial charge < -0.3 is 10.5 Å². The molecule has 1 fully saturated rings. The van der Waals surface area contributed by atoms with Gasteiger partial charge in [-0.05, 0) is 37.0 Å². The van der Waals surface area contributed by atoms with E-state index in [1.165, 1.54) is 12.1 Å². The van der Waals surface area contributed by atoms with Crippen molar-refractivity contribution in [3.63, 3.8) is 0 Å². The molecule has 2 nitrogen and oxygen atoms in total. The Kier molecular flexibility index (Phi) is 3.47. The Balaban J connectivity index is 2.13. The first-order valence-corrected chi connectivity index (χ1v) is 5.77. The molecule has 1 aliphatic rings. The van der Waals surface area contributed by atoms with Crippen molar-refractivity contribution in [2.75, 3.05) is 13.2 Å². The number of nitrogens with two attached hydrogens (primary N) is 1. The molecule has 1 saturated heterocycles. The number of hydrogen-bond donors (Lipinski definition) is 1. The van der Waals surface area contributed by atoms with Gasteiger partial charge >= 0.3 is 0 Å². The summed E-state index contributed by atoms with van der Waals surface area (Å²) in [6.07, 6.45) is 2.52. The molecule has 0 aromatic heterocycles. The number of rotatable bonds is 2. The zero-order chi connectivity index (χ0) is 11.6.